The average molecular weight is 631 g/mol. The first-order valence-corrected chi connectivity index (χ1v) is 17.4. The lowest BCUT2D eigenvalue weighted by atomic mass is 9.91. The van der Waals surface area contributed by atoms with Crippen LogP contribution in [0, 0.1) is 0 Å². The van der Waals surface area contributed by atoms with Gasteiger partial charge in [-0.1, -0.05) is 152 Å². The van der Waals surface area contributed by atoms with E-state index in [4.69, 9.17) is 0 Å². The maximum atomic E-state index is 4.49. The van der Waals surface area contributed by atoms with Gasteiger partial charge in [-0.15, -0.1) is 0 Å². The lowest BCUT2D eigenvalue weighted by molar-refractivity contribution is 1.04. The van der Waals surface area contributed by atoms with Gasteiger partial charge in [-0.3, -0.25) is 0 Å². The summed E-state index contributed by atoms with van der Waals surface area (Å²) in [5.74, 6) is 0. The van der Waals surface area contributed by atoms with Gasteiger partial charge in [0.2, 0.25) is 0 Å². The van der Waals surface area contributed by atoms with E-state index in [0.717, 1.165) is 48.0 Å². The lowest BCUT2D eigenvalue weighted by Crippen LogP contribution is -1.91. The third kappa shape index (κ3) is 7.72. The molecule has 7 rings (SSSR count). The van der Waals surface area contributed by atoms with E-state index in [1.807, 2.05) is 6.07 Å². The van der Waals surface area contributed by atoms with Crippen molar-refractivity contribution < 1.29 is 0 Å². The summed E-state index contributed by atoms with van der Waals surface area (Å²) in [5.41, 5.74) is 17.0. The van der Waals surface area contributed by atoms with Crippen molar-refractivity contribution in [3.63, 3.8) is 0 Å². The van der Waals surface area contributed by atoms with Gasteiger partial charge in [0.1, 0.15) is 0 Å². The van der Waals surface area contributed by atoms with Gasteiger partial charge in [0.15, 0.2) is 0 Å². The molecular formula is C49H42. The smallest absolute Gasteiger partial charge is 0.0175 e. The van der Waals surface area contributed by atoms with Crippen molar-refractivity contribution in [3.05, 3.63) is 210 Å². The van der Waals surface area contributed by atoms with Crippen LogP contribution >= 0.6 is 0 Å². The van der Waals surface area contributed by atoms with E-state index in [0.29, 0.717) is 0 Å². The third-order valence-electron chi connectivity index (χ3n) is 9.46. The zero-order valence-corrected chi connectivity index (χ0v) is 28.3. The lowest BCUT2D eigenvalue weighted by Gasteiger charge is -2.13. The van der Waals surface area contributed by atoms with E-state index in [2.05, 4.69) is 183 Å². The molecule has 0 aromatic heterocycles. The number of hydrogen-bond acceptors (Lipinski definition) is 0. The number of benzene rings is 5. The van der Waals surface area contributed by atoms with Crippen LogP contribution in [0.15, 0.2) is 183 Å². The first-order chi connectivity index (χ1) is 24.1. The molecule has 0 bridgehead atoms. The summed E-state index contributed by atoms with van der Waals surface area (Å²) in [4.78, 5) is 0. The highest BCUT2D eigenvalue weighted by Gasteiger charge is 2.10. The fourth-order valence-corrected chi connectivity index (χ4v) is 6.72. The van der Waals surface area contributed by atoms with Gasteiger partial charge in [-0.05, 0) is 141 Å². The van der Waals surface area contributed by atoms with Crippen LogP contribution in [0.5, 0.6) is 0 Å². The summed E-state index contributed by atoms with van der Waals surface area (Å²) in [7, 11) is 0. The summed E-state index contributed by atoms with van der Waals surface area (Å²) in [6.45, 7) is 6.70. The van der Waals surface area contributed by atoms with Crippen molar-refractivity contribution in [3.8, 4) is 22.3 Å². The second-order valence-electron chi connectivity index (χ2n) is 12.9. The van der Waals surface area contributed by atoms with E-state index in [-0.39, 0.29) is 0 Å². The highest BCUT2D eigenvalue weighted by Crippen LogP contribution is 2.33. The molecule has 0 heteroatoms. The standard InChI is InChI=1S/C49H42/c1-36(38-16-6-3-7-17-38)30-49(48-29-15-28-47(35-48)46-27-14-24-43(34-46)40-20-10-5-11-21-40)31-37(2)41-22-12-25-44(32-41)45-26-13-23-42(33-45)39-18-8-4-9-19-39/h3-4,6-8,10,12-18,20-35H,1,5,9,11,19H2,2H3/b37-31+,49-30+. The Morgan fingerprint density at radius 1 is 0.551 bits per heavy atom. The zero-order chi connectivity index (χ0) is 33.4. The van der Waals surface area contributed by atoms with Gasteiger partial charge in [0.05, 0.1) is 0 Å². The fourth-order valence-electron chi connectivity index (χ4n) is 6.72. The maximum Gasteiger partial charge on any atom is -0.0175 e. The molecule has 0 saturated heterocycles. The van der Waals surface area contributed by atoms with E-state index in [9.17, 15) is 0 Å². The number of hydrogen-bond donors (Lipinski definition) is 0. The van der Waals surface area contributed by atoms with Gasteiger partial charge >= 0.3 is 0 Å². The molecule has 0 N–H and O–H groups in total. The average Bonchev–Trinajstić information content (AvgIpc) is 3.19. The van der Waals surface area contributed by atoms with Crippen LogP contribution in [0.4, 0.5) is 0 Å². The van der Waals surface area contributed by atoms with Crippen LogP contribution < -0.4 is 0 Å². The predicted molar refractivity (Wildman–Crippen MR) is 214 cm³/mol. The fraction of sp³-hybridized carbons (Fsp3) is 0.102. The van der Waals surface area contributed by atoms with Crippen LogP contribution in [0.3, 0.4) is 0 Å². The molecule has 0 aliphatic heterocycles. The second-order valence-corrected chi connectivity index (χ2v) is 12.9. The Hall–Kier alpha value is -5.72. The van der Waals surface area contributed by atoms with Crippen molar-refractivity contribution in [1.29, 1.82) is 0 Å². The minimum atomic E-state index is 0.987. The largest absolute Gasteiger partial charge is 0.0911 e. The first kappa shape index (κ1) is 31.9. The molecule has 0 fully saturated rings. The van der Waals surface area contributed by atoms with Crippen molar-refractivity contribution in [2.75, 3.05) is 0 Å². The molecule has 0 spiro atoms. The van der Waals surface area contributed by atoms with Crippen molar-refractivity contribution in [2.45, 2.75) is 32.6 Å². The summed E-state index contributed by atoms with van der Waals surface area (Å²) < 4.78 is 0. The molecule has 2 aliphatic rings. The van der Waals surface area contributed by atoms with Gasteiger partial charge in [-0.25, -0.2) is 0 Å². The topological polar surface area (TPSA) is 0 Å². The molecule has 0 unspecified atom stereocenters. The molecule has 238 valence electrons. The normalized spacial score (nSPS) is 14.7. The van der Waals surface area contributed by atoms with Crippen LogP contribution in [0.1, 0.15) is 60.4 Å². The molecule has 0 radical (unpaired) electrons. The van der Waals surface area contributed by atoms with E-state index >= 15 is 0 Å². The Labute approximate surface area is 292 Å². The summed E-state index contributed by atoms with van der Waals surface area (Å²) in [6.07, 6.45) is 22.5. The Morgan fingerprint density at radius 2 is 1.16 bits per heavy atom. The Kier molecular flexibility index (Phi) is 9.76. The van der Waals surface area contributed by atoms with Crippen LogP contribution in [0.2, 0.25) is 0 Å². The van der Waals surface area contributed by atoms with Crippen LogP contribution in [-0.4, -0.2) is 0 Å². The minimum Gasteiger partial charge on any atom is -0.0911 e. The Morgan fingerprint density at radius 3 is 1.86 bits per heavy atom. The van der Waals surface area contributed by atoms with Crippen LogP contribution in [0.25, 0.3) is 50.1 Å². The monoisotopic (exact) mass is 630 g/mol. The van der Waals surface area contributed by atoms with E-state index < -0.39 is 0 Å². The molecule has 2 aliphatic carbocycles. The Bertz CT molecular complexity index is 2170. The van der Waals surface area contributed by atoms with E-state index in [1.165, 1.54) is 55.7 Å². The summed E-state index contributed by atoms with van der Waals surface area (Å²) in [5, 5.41) is 0. The van der Waals surface area contributed by atoms with Crippen molar-refractivity contribution >= 4 is 27.9 Å². The third-order valence-corrected chi connectivity index (χ3v) is 9.46. The highest BCUT2D eigenvalue weighted by atomic mass is 14.1. The quantitative estimate of drug-likeness (QED) is 0.142. The molecule has 5 aromatic rings. The first-order valence-electron chi connectivity index (χ1n) is 17.4. The second kappa shape index (κ2) is 15.0. The molecular weight excluding hydrogens is 589 g/mol. The molecule has 0 atom stereocenters. The van der Waals surface area contributed by atoms with Crippen molar-refractivity contribution in [1.82, 2.24) is 0 Å². The summed E-state index contributed by atoms with van der Waals surface area (Å²) >= 11 is 0. The highest BCUT2D eigenvalue weighted by molar-refractivity contribution is 5.92. The maximum absolute atomic E-state index is 4.49. The van der Waals surface area contributed by atoms with Gasteiger partial charge in [-0.2, -0.15) is 0 Å². The Balaban J connectivity index is 1.25. The predicted octanol–water partition coefficient (Wildman–Crippen LogP) is 13.7. The SMILES string of the molecule is C=C(/C=C(\C=C(/C)c1cccc(-c2cccc(C3=CC=CCC3)c2)c1)c1cccc(-c2cccc(C3=CCCC=C3)c2)c1)c1ccccc1. The minimum absolute atomic E-state index is 0.987. The number of rotatable bonds is 9. The van der Waals surface area contributed by atoms with Gasteiger partial charge in [0.25, 0.3) is 0 Å². The molecule has 0 nitrogen and oxygen atoms in total. The van der Waals surface area contributed by atoms with Crippen molar-refractivity contribution in [2.24, 2.45) is 0 Å². The molecule has 5 aromatic carbocycles. The molecule has 0 heterocycles. The molecule has 0 amide bonds. The van der Waals surface area contributed by atoms with Crippen LogP contribution in [-0.2, 0) is 0 Å². The zero-order valence-electron chi connectivity index (χ0n) is 28.3. The van der Waals surface area contributed by atoms with Gasteiger partial charge in [0, 0.05) is 0 Å². The summed E-state index contributed by atoms with van der Waals surface area (Å²) in [6, 6.07) is 46.2. The number of allylic oxidation sites excluding steroid dienone is 13. The molecule has 49 heavy (non-hydrogen) atoms. The van der Waals surface area contributed by atoms with Gasteiger partial charge < -0.3 is 0 Å². The molecule has 0 saturated carbocycles. The van der Waals surface area contributed by atoms with E-state index in [1.54, 1.807) is 0 Å².